The Labute approximate surface area is 406 Å². The smallest absolute Gasteiger partial charge is 0.0754 e. The van der Waals surface area contributed by atoms with Crippen LogP contribution in [0.4, 0.5) is 17.1 Å². The van der Waals surface area contributed by atoms with Gasteiger partial charge in [-0.3, -0.25) is 0 Å². The molecule has 2 aromatic heterocycles. The standard InChI is InChI=1S/C67H43N3/c1-4-20-46(21-5-1)68-59-34-16-12-28-53(59)65-49(30-18-36-63(65)68)44-38-40-61-57(42-44)67(55-32-14-10-26-51(55)52-27-11-15-33-56(52)67)58-43-45(39-41-62(58)70(61)48-24-8-3-9-25-48)50-31-19-37-64-66(50)54-29-13-17-35-60(54)69(64)47-22-6-2-7-23-47/h1-43H. The summed E-state index contributed by atoms with van der Waals surface area (Å²) in [6.07, 6.45) is 0. The highest BCUT2D eigenvalue weighted by Crippen LogP contribution is 2.64. The SMILES string of the molecule is c1ccc(N2c3ccc(-c4cccc5c4c4ccccc4n5-c4ccccc4)cc3C3(c4ccccc4-c4ccccc43)c3cc(-c4cccc5c4c4ccccc4n5-c4ccccc4)ccc32)cc1. The molecule has 0 radical (unpaired) electrons. The Morgan fingerprint density at radius 3 is 1.10 bits per heavy atom. The summed E-state index contributed by atoms with van der Waals surface area (Å²) in [6, 6.07) is 96.8. The third-order valence-electron chi connectivity index (χ3n) is 15.3. The summed E-state index contributed by atoms with van der Waals surface area (Å²) in [5.74, 6) is 0. The van der Waals surface area contributed by atoms with Crippen LogP contribution in [0.3, 0.4) is 0 Å². The molecule has 0 saturated heterocycles. The van der Waals surface area contributed by atoms with Gasteiger partial charge >= 0.3 is 0 Å². The Kier molecular flexibility index (Phi) is 8.28. The molecule has 1 spiro atoms. The summed E-state index contributed by atoms with van der Waals surface area (Å²) in [5, 5.41) is 4.99. The van der Waals surface area contributed by atoms with Gasteiger partial charge in [-0.15, -0.1) is 0 Å². The van der Waals surface area contributed by atoms with Gasteiger partial charge in [-0.05, 0) is 141 Å². The minimum absolute atomic E-state index is 0.660. The van der Waals surface area contributed by atoms with E-state index < -0.39 is 5.41 Å². The van der Waals surface area contributed by atoms with Gasteiger partial charge in [0, 0.05) is 38.6 Å². The lowest BCUT2D eigenvalue weighted by atomic mass is 9.64. The van der Waals surface area contributed by atoms with Gasteiger partial charge in [-0.1, -0.05) is 176 Å². The van der Waals surface area contributed by atoms with Crippen LogP contribution < -0.4 is 4.90 Å². The van der Waals surface area contributed by atoms with Gasteiger partial charge in [0.15, 0.2) is 0 Å². The van der Waals surface area contributed by atoms with E-state index in [9.17, 15) is 0 Å². The molecule has 0 amide bonds. The summed E-state index contributed by atoms with van der Waals surface area (Å²) in [4.78, 5) is 2.51. The predicted molar refractivity (Wildman–Crippen MR) is 292 cm³/mol. The molecule has 0 unspecified atom stereocenters. The van der Waals surface area contributed by atoms with Crippen LogP contribution in [0.1, 0.15) is 22.3 Å². The summed E-state index contributed by atoms with van der Waals surface area (Å²) in [5.41, 5.74) is 22.4. The second-order valence-corrected chi connectivity index (χ2v) is 18.8. The van der Waals surface area contributed by atoms with Crippen molar-refractivity contribution in [1.82, 2.24) is 9.13 Å². The molecule has 70 heavy (non-hydrogen) atoms. The van der Waals surface area contributed by atoms with Crippen molar-refractivity contribution in [2.24, 2.45) is 0 Å². The highest BCUT2D eigenvalue weighted by Gasteiger charge is 2.52. The van der Waals surface area contributed by atoms with Crippen molar-refractivity contribution in [1.29, 1.82) is 0 Å². The molecule has 13 aromatic rings. The number of hydrogen-bond donors (Lipinski definition) is 0. The maximum absolute atomic E-state index is 2.54. The summed E-state index contributed by atoms with van der Waals surface area (Å²) in [7, 11) is 0. The van der Waals surface area contributed by atoms with Gasteiger partial charge in [0.2, 0.25) is 0 Å². The van der Waals surface area contributed by atoms with Crippen molar-refractivity contribution in [3.8, 4) is 44.8 Å². The zero-order chi connectivity index (χ0) is 45.9. The van der Waals surface area contributed by atoms with Crippen molar-refractivity contribution in [3.63, 3.8) is 0 Å². The highest BCUT2D eigenvalue weighted by molar-refractivity contribution is 6.17. The van der Waals surface area contributed by atoms with Crippen molar-refractivity contribution in [2.45, 2.75) is 5.41 Å². The zero-order valence-electron chi connectivity index (χ0n) is 38.2. The third kappa shape index (κ3) is 5.29. The lowest BCUT2D eigenvalue weighted by Gasteiger charge is -2.45. The number of fused-ring (bicyclic) bond motifs is 15. The van der Waals surface area contributed by atoms with Crippen molar-refractivity contribution >= 4 is 60.7 Å². The van der Waals surface area contributed by atoms with Gasteiger partial charge in [0.05, 0.1) is 38.9 Å². The normalized spacial score (nSPS) is 13.2. The first-order valence-corrected chi connectivity index (χ1v) is 24.3. The minimum atomic E-state index is -0.660. The fraction of sp³-hybridized carbons (Fsp3) is 0.0149. The van der Waals surface area contributed by atoms with Crippen LogP contribution in [0.2, 0.25) is 0 Å². The largest absolute Gasteiger partial charge is 0.310 e. The summed E-state index contributed by atoms with van der Waals surface area (Å²) in [6.45, 7) is 0. The van der Waals surface area contributed by atoms with Crippen LogP contribution in [0.25, 0.3) is 88.4 Å². The number of nitrogens with zero attached hydrogens (tertiary/aromatic N) is 3. The van der Waals surface area contributed by atoms with Crippen LogP contribution in [-0.2, 0) is 5.41 Å². The number of benzene rings is 11. The Morgan fingerprint density at radius 2 is 0.629 bits per heavy atom. The lowest BCUT2D eigenvalue weighted by Crippen LogP contribution is -2.36. The molecule has 3 heterocycles. The molecular weight excluding hydrogens is 847 g/mol. The van der Waals surface area contributed by atoms with E-state index >= 15 is 0 Å². The fourth-order valence-electron chi connectivity index (χ4n) is 12.6. The second kappa shape index (κ2) is 14.9. The monoisotopic (exact) mass is 889 g/mol. The van der Waals surface area contributed by atoms with Crippen molar-refractivity contribution < 1.29 is 0 Å². The molecule has 0 atom stereocenters. The first kappa shape index (κ1) is 38.9. The Morgan fingerprint density at radius 1 is 0.257 bits per heavy atom. The third-order valence-corrected chi connectivity index (χ3v) is 15.3. The van der Waals surface area contributed by atoms with Gasteiger partial charge in [-0.2, -0.15) is 0 Å². The quantitative estimate of drug-likeness (QED) is 0.168. The Bertz CT molecular complexity index is 3980. The van der Waals surface area contributed by atoms with Gasteiger partial charge in [0.25, 0.3) is 0 Å². The van der Waals surface area contributed by atoms with Gasteiger partial charge in [0.1, 0.15) is 0 Å². The van der Waals surface area contributed by atoms with E-state index in [2.05, 4.69) is 275 Å². The van der Waals surface area contributed by atoms with Crippen molar-refractivity contribution in [2.75, 3.05) is 4.90 Å². The van der Waals surface area contributed by atoms with Crippen molar-refractivity contribution in [3.05, 3.63) is 283 Å². The lowest BCUT2D eigenvalue weighted by molar-refractivity contribution is 0.753. The van der Waals surface area contributed by atoms with E-state index in [0.29, 0.717) is 0 Å². The van der Waals surface area contributed by atoms with Crippen LogP contribution in [0.5, 0.6) is 0 Å². The average Bonchev–Trinajstić information content (AvgIpc) is 4.07. The zero-order valence-corrected chi connectivity index (χ0v) is 38.2. The summed E-state index contributed by atoms with van der Waals surface area (Å²) >= 11 is 0. The van der Waals surface area contributed by atoms with Crippen LogP contribution >= 0.6 is 0 Å². The minimum Gasteiger partial charge on any atom is -0.310 e. The molecule has 2 aliphatic rings. The number of para-hydroxylation sites is 5. The molecule has 0 N–H and O–H groups in total. The Hall–Kier alpha value is -9.18. The maximum atomic E-state index is 2.54. The molecule has 1 aliphatic carbocycles. The summed E-state index contributed by atoms with van der Waals surface area (Å²) < 4.78 is 4.84. The molecular formula is C67H43N3. The molecule has 15 rings (SSSR count). The van der Waals surface area contributed by atoms with E-state index in [1.54, 1.807) is 0 Å². The first-order valence-electron chi connectivity index (χ1n) is 24.3. The highest BCUT2D eigenvalue weighted by atomic mass is 15.2. The molecule has 11 aromatic carbocycles. The van der Waals surface area contributed by atoms with Crippen LogP contribution in [0, 0.1) is 0 Å². The molecule has 0 fully saturated rings. The Balaban J connectivity index is 1.05. The average molecular weight is 890 g/mol. The molecule has 0 saturated carbocycles. The van der Waals surface area contributed by atoms with E-state index in [-0.39, 0.29) is 0 Å². The number of rotatable bonds is 5. The number of aromatic nitrogens is 2. The fourth-order valence-corrected chi connectivity index (χ4v) is 12.6. The molecule has 326 valence electrons. The number of anilines is 3. The van der Waals surface area contributed by atoms with Crippen LogP contribution in [0.15, 0.2) is 261 Å². The number of hydrogen-bond acceptors (Lipinski definition) is 1. The van der Waals surface area contributed by atoms with E-state index in [4.69, 9.17) is 0 Å². The van der Waals surface area contributed by atoms with E-state index in [1.807, 2.05) is 0 Å². The van der Waals surface area contributed by atoms with Gasteiger partial charge < -0.3 is 14.0 Å². The topological polar surface area (TPSA) is 13.1 Å². The van der Waals surface area contributed by atoms with E-state index in [1.165, 1.54) is 111 Å². The molecule has 1 aliphatic heterocycles. The predicted octanol–water partition coefficient (Wildman–Crippen LogP) is 17.4. The van der Waals surface area contributed by atoms with E-state index in [0.717, 1.165) is 17.1 Å². The second-order valence-electron chi connectivity index (χ2n) is 18.8. The maximum Gasteiger partial charge on any atom is 0.0754 e. The first-order chi connectivity index (χ1) is 34.8. The van der Waals surface area contributed by atoms with Crippen LogP contribution in [-0.4, -0.2) is 9.13 Å². The molecule has 3 nitrogen and oxygen atoms in total. The van der Waals surface area contributed by atoms with Gasteiger partial charge in [-0.25, -0.2) is 0 Å². The molecule has 0 bridgehead atoms. The molecule has 3 heteroatoms.